The van der Waals surface area contributed by atoms with Gasteiger partial charge in [0.2, 0.25) is 5.91 Å². The minimum Gasteiger partial charge on any atom is -0.466 e. The molecule has 118 valence electrons. The topological polar surface area (TPSA) is 62.5 Å². The van der Waals surface area contributed by atoms with Crippen molar-refractivity contribution < 1.29 is 14.3 Å². The minimum absolute atomic E-state index is 0.0692. The van der Waals surface area contributed by atoms with Crippen LogP contribution in [0.15, 0.2) is 10.5 Å². The number of furan rings is 1. The maximum Gasteiger partial charge on any atom is 0.223 e. The average Bonchev–Trinajstić information content (AvgIpc) is 2.76. The molecule has 3 atom stereocenters. The van der Waals surface area contributed by atoms with Gasteiger partial charge in [0.15, 0.2) is 0 Å². The summed E-state index contributed by atoms with van der Waals surface area (Å²) in [5, 5.41) is 13.5. The van der Waals surface area contributed by atoms with Crippen molar-refractivity contribution in [3.63, 3.8) is 0 Å². The highest BCUT2D eigenvalue weighted by Gasteiger charge is 2.30. The van der Waals surface area contributed by atoms with Crippen molar-refractivity contribution in [3.8, 4) is 0 Å². The van der Waals surface area contributed by atoms with Crippen LogP contribution in [0, 0.1) is 25.7 Å². The van der Waals surface area contributed by atoms with Gasteiger partial charge < -0.3 is 14.8 Å². The van der Waals surface area contributed by atoms with E-state index in [4.69, 9.17) is 4.42 Å². The molecule has 1 fully saturated rings. The fraction of sp³-hybridized carbons (Fsp3) is 0.706. The van der Waals surface area contributed by atoms with Crippen LogP contribution >= 0.6 is 0 Å². The van der Waals surface area contributed by atoms with Crippen molar-refractivity contribution in [3.05, 3.63) is 23.2 Å². The lowest BCUT2D eigenvalue weighted by atomic mass is 9.82. The molecule has 1 heterocycles. The smallest absolute Gasteiger partial charge is 0.223 e. The molecule has 0 aliphatic heterocycles. The lowest BCUT2D eigenvalue weighted by molar-refractivity contribution is -0.127. The summed E-state index contributed by atoms with van der Waals surface area (Å²) in [6, 6.07) is 1.84. The van der Waals surface area contributed by atoms with E-state index in [1.54, 1.807) is 6.92 Å². The Balaban J connectivity index is 1.95. The van der Waals surface area contributed by atoms with Crippen LogP contribution in [-0.4, -0.2) is 17.6 Å². The summed E-state index contributed by atoms with van der Waals surface area (Å²) in [4.78, 5) is 12.3. The van der Waals surface area contributed by atoms with E-state index < -0.39 is 5.60 Å². The molecule has 3 unspecified atom stereocenters. The molecule has 1 aliphatic carbocycles. The van der Waals surface area contributed by atoms with Gasteiger partial charge in [-0.3, -0.25) is 4.79 Å². The maximum atomic E-state index is 12.3. The van der Waals surface area contributed by atoms with Gasteiger partial charge in [0.05, 0.1) is 6.54 Å². The summed E-state index contributed by atoms with van der Waals surface area (Å²) >= 11 is 0. The minimum atomic E-state index is -1.10. The zero-order valence-corrected chi connectivity index (χ0v) is 13.5. The van der Waals surface area contributed by atoms with E-state index in [1.165, 1.54) is 6.42 Å². The Hall–Kier alpha value is -1.29. The van der Waals surface area contributed by atoms with Gasteiger partial charge in [-0.15, -0.1) is 0 Å². The molecule has 1 aromatic heterocycles. The van der Waals surface area contributed by atoms with E-state index in [-0.39, 0.29) is 18.4 Å². The van der Waals surface area contributed by atoms with E-state index in [1.807, 2.05) is 19.9 Å². The molecule has 1 saturated carbocycles. The first-order valence-electron chi connectivity index (χ1n) is 7.87. The number of carbonyl (C=O) groups is 1. The van der Waals surface area contributed by atoms with Crippen LogP contribution < -0.4 is 5.32 Å². The summed E-state index contributed by atoms with van der Waals surface area (Å²) < 4.78 is 5.47. The van der Waals surface area contributed by atoms with Crippen molar-refractivity contribution in [2.75, 3.05) is 6.54 Å². The largest absolute Gasteiger partial charge is 0.466 e. The molecule has 2 rings (SSSR count). The quantitative estimate of drug-likeness (QED) is 0.897. The van der Waals surface area contributed by atoms with E-state index in [2.05, 4.69) is 12.2 Å². The second kappa shape index (κ2) is 6.22. The number of nitrogens with one attached hydrogen (secondary N) is 1. The second-order valence-electron chi connectivity index (χ2n) is 6.79. The lowest BCUT2D eigenvalue weighted by Gasteiger charge is -2.28. The highest BCUT2D eigenvalue weighted by molar-refractivity contribution is 5.78. The SMILES string of the molecule is Cc1cc(C(C)(O)CNC(=O)C2CCCC(C)C2)c(C)o1. The van der Waals surface area contributed by atoms with Gasteiger partial charge in [0.25, 0.3) is 0 Å². The van der Waals surface area contributed by atoms with Crippen LogP contribution in [0.5, 0.6) is 0 Å². The van der Waals surface area contributed by atoms with Gasteiger partial charge in [-0.25, -0.2) is 0 Å². The summed E-state index contributed by atoms with van der Waals surface area (Å²) in [7, 11) is 0. The fourth-order valence-electron chi connectivity index (χ4n) is 3.34. The normalized spacial score (nSPS) is 25.4. The number of rotatable bonds is 4. The van der Waals surface area contributed by atoms with Crippen molar-refractivity contribution in [2.45, 2.75) is 59.0 Å². The third kappa shape index (κ3) is 3.88. The predicted molar refractivity (Wildman–Crippen MR) is 81.9 cm³/mol. The maximum absolute atomic E-state index is 12.3. The van der Waals surface area contributed by atoms with Crippen LogP contribution in [0.4, 0.5) is 0 Å². The standard InChI is InChI=1S/C17H27NO3/c1-11-6-5-7-14(8-11)16(19)18-10-17(4,20)15-9-12(2)21-13(15)3/h9,11,14,20H,5-8,10H2,1-4H3,(H,18,19). The van der Waals surface area contributed by atoms with Crippen molar-refractivity contribution in [1.29, 1.82) is 0 Å². The van der Waals surface area contributed by atoms with Crippen molar-refractivity contribution in [2.24, 2.45) is 11.8 Å². The van der Waals surface area contributed by atoms with Gasteiger partial charge in [-0.05, 0) is 45.6 Å². The first kappa shape index (κ1) is 16.1. The molecule has 0 radical (unpaired) electrons. The first-order chi connectivity index (χ1) is 9.79. The Morgan fingerprint density at radius 2 is 2.19 bits per heavy atom. The van der Waals surface area contributed by atoms with Gasteiger partial charge in [-0.1, -0.05) is 19.8 Å². The monoisotopic (exact) mass is 293 g/mol. The second-order valence-corrected chi connectivity index (χ2v) is 6.79. The van der Waals surface area contributed by atoms with Crippen LogP contribution in [0.1, 0.15) is 56.6 Å². The highest BCUT2D eigenvalue weighted by atomic mass is 16.3. The summed E-state index contributed by atoms with van der Waals surface area (Å²) in [6.45, 7) is 7.83. The van der Waals surface area contributed by atoms with Crippen LogP contribution in [-0.2, 0) is 10.4 Å². The number of amides is 1. The molecule has 21 heavy (non-hydrogen) atoms. The molecular formula is C17H27NO3. The average molecular weight is 293 g/mol. The van der Waals surface area contributed by atoms with Gasteiger partial charge >= 0.3 is 0 Å². The number of aryl methyl sites for hydroxylation is 2. The van der Waals surface area contributed by atoms with E-state index in [9.17, 15) is 9.90 Å². The summed E-state index contributed by atoms with van der Waals surface area (Å²) in [6.07, 6.45) is 4.25. The number of hydrogen-bond acceptors (Lipinski definition) is 3. The van der Waals surface area contributed by atoms with Gasteiger partial charge in [0.1, 0.15) is 17.1 Å². The fourth-order valence-corrected chi connectivity index (χ4v) is 3.34. The third-order valence-electron chi connectivity index (χ3n) is 4.54. The van der Waals surface area contributed by atoms with Crippen molar-refractivity contribution >= 4 is 5.91 Å². The summed E-state index contributed by atoms with van der Waals surface area (Å²) in [5.41, 5.74) is -0.352. The molecular weight excluding hydrogens is 266 g/mol. The molecule has 0 saturated heterocycles. The molecule has 2 N–H and O–H groups in total. The Bertz CT molecular complexity index is 504. The Labute approximate surface area is 126 Å². The third-order valence-corrected chi connectivity index (χ3v) is 4.54. The molecule has 1 aliphatic rings. The number of carbonyl (C=O) groups excluding carboxylic acids is 1. The van der Waals surface area contributed by atoms with Crippen molar-refractivity contribution in [1.82, 2.24) is 5.32 Å². The van der Waals surface area contributed by atoms with Gasteiger partial charge in [0, 0.05) is 11.5 Å². The zero-order chi connectivity index (χ0) is 15.6. The lowest BCUT2D eigenvalue weighted by Crippen LogP contribution is -2.42. The Morgan fingerprint density at radius 3 is 2.76 bits per heavy atom. The Kier molecular flexibility index (Phi) is 4.77. The molecule has 4 heteroatoms. The molecule has 0 bridgehead atoms. The highest BCUT2D eigenvalue weighted by Crippen LogP contribution is 2.29. The van der Waals surface area contributed by atoms with Crippen LogP contribution in [0.2, 0.25) is 0 Å². The predicted octanol–water partition coefficient (Wildman–Crippen LogP) is 3.05. The zero-order valence-electron chi connectivity index (χ0n) is 13.5. The van der Waals surface area contributed by atoms with Crippen LogP contribution in [0.25, 0.3) is 0 Å². The molecule has 4 nitrogen and oxygen atoms in total. The van der Waals surface area contributed by atoms with Gasteiger partial charge in [-0.2, -0.15) is 0 Å². The molecule has 0 aromatic carbocycles. The van der Waals surface area contributed by atoms with Crippen LogP contribution in [0.3, 0.4) is 0 Å². The Morgan fingerprint density at radius 1 is 1.48 bits per heavy atom. The molecule has 1 aromatic rings. The molecule has 1 amide bonds. The molecule has 0 spiro atoms. The number of aliphatic hydroxyl groups is 1. The van der Waals surface area contributed by atoms with E-state index in [0.717, 1.165) is 30.6 Å². The first-order valence-corrected chi connectivity index (χ1v) is 7.87. The number of hydrogen-bond donors (Lipinski definition) is 2. The van der Waals surface area contributed by atoms with E-state index in [0.29, 0.717) is 11.7 Å². The summed E-state index contributed by atoms with van der Waals surface area (Å²) in [5.74, 6) is 2.26. The van der Waals surface area contributed by atoms with E-state index >= 15 is 0 Å².